The molecule has 0 radical (unpaired) electrons. The largest absolute Gasteiger partial charge is 0.493 e. The van der Waals surface area contributed by atoms with E-state index in [-0.39, 0.29) is 24.8 Å². The number of benzene rings is 2. The number of methoxy groups -OCH3 is 2. The fourth-order valence-corrected chi connectivity index (χ4v) is 2.96. The average Bonchev–Trinajstić information content (AvgIpc) is 2.76. The third kappa shape index (κ3) is 5.22. The highest BCUT2D eigenvalue weighted by atomic mass is 16.5. The molecule has 1 heterocycles. The molecule has 0 aliphatic rings. The summed E-state index contributed by atoms with van der Waals surface area (Å²) in [4.78, 5) is 28.6. The van der Waals surface area contributed by atoms with Crippen LogP contribution in [0.2, 0.25) is 0 Å². The van der Waals surface area contributed by atoms with Gasteiger partial charge in [0.1, 0.15) is 0 Å². The van der Waals surface area contributed by atoms with Gasteiger partial charge in [-0.3, -0.25) is 14.6 Å². The van der Waals surface area contributed by atoms with Gasteiger partial charge in [0.2, 0.25) is 11.8 Å². The van der Waals surface area contributed by atoms with Crippen molar-refractivity contribution in [2.45, 2.75) is 12.8 Å². The Labute approximate surface area is 169 Å². The minimum absolute atomic E-state index is 0.103. The van der Waals surface area contributed by atoms with E-state index < -0.39 is 0 Å². The Morgan fingerprint density at radius 2 is 1.76 bits per heavy atom. The number of rotatable bonds is 8. The zero-order chi connectivity index (χ0) is 20.6. The molecule has 2 aromatic carbocycles. The molecule has 2 N–H and O–H groups in total. The van der Waals surface area contributed by atoms with Crippen molar-refractivity contribution in [2.24, 2.45) is 0 Å². The number of anilines is 1. The van der Waals surface area contributed by atoms with Crippen LogP contribution in [0, 0.1) is 0 Å². The van der Waals surface area contributed by atoms with E-state index in [1.54, 1.807) is 32.5 Å². The molecule has 7 heteroatoms. The number of carbonyl (C=O) groups excluding carboxylic acids is 2. The van der Waals surface area contributed by atoms with E-state index in [0.29, 0.717) is 29.1 Å². The van der Waals surface area contributed by atoms with Crippen LogP contribution in [0.4, 0.5) is 5.69 Å². The molecule has 0 spiro atoms. The molecular formula is C22H23N3O4. The van der Waals surface area contributed by atoms with Crippen LogP contribution in [0.15, 0.2) is 54.7 Å². The Bertz CT molecular complexity index is 1010. The number of hydrogen-bond acceptors (Lipinski definition) is 5. The van der Waals surface area contributed by atoms with Crippen molar-refractivity contribution in [2.75, 3.05) is 26.1 Å². The molecule has 0 aliphatic heterocycles. The van der Waals surface area contributed by atoms with Crippen molar-refractivity contribution in [3.63, 3.8) is 0 Å². The van der Waals surface area contributed by atoms with Crippen molar-refractivity contribution in [3.8, 4) is 11.5 Å². The molecule has 2 amide bonds. The predicted octanol–water partition coefficient (Wildman–Crippen LogP) is 2.94. The molecular weight excluding hydrogens is 370 g/mol. The summed E-state index contributed by atoms with van der Waals surface area (Å²) in [6.45, 7) is -0.103. The van der Waals surface area contributed by atoms with Crippen LogP contribution in [0.1, 0.15) is 12.0 Å². The highest BCUT2D eigenvalue weighted by Crippen LogP contribution is 2.28. The smallest absolute Gasteiger partial charge is 0.243 e. The number of para-hydroxylation sites is 1. The van der Waals surface area contributed by atoms with E-state index in [9.17, 15) is 9.59 Å². The van der Waals surface area contributed by atoms with Gasteiger partial charge in [0.15, 0.2) is 11.5 Å². The first kappa shape index (κ1) is 20.1. The van der Waals surface area contributed by atoms with Crippen molar-refractivity contribution in [3.05, 3.63) is 60.3 Å². The lowest BCUT2D eigenvalue weighted by atomic mass is 10.1. The van der Waals surface area contributed by atoms with E-state index in [4.69, 9.17) is 9.47 Å². The number of ether oxygens (including phenoxy) is 2. The van der Waals surface area contributed by atoms with Gasteiger partial charge < -0.3 is 20.1 Å². The number of pyridine rings is 1. The zero-order valence-electron chi connectivity index (χ0n) is 16.4. The molecule has 0 saturated carbocycles. The van der Waals surface area contributed by atoms with Crippen molar-refractivity contribution in [1.82, 2.24) is 10.3 Å². The number of amides is 2. The van der Waals surface area contributed by atoms with Crippen LogP contribution >= 0.6 is 0 Å². The molecule has 0 fully saturated rings. The number of hydrogen-bond donors (Lipinski definition) is 2. The number of nitrogens with one attached hydrogen (secondary N) is 2. The van der Waals surface area contributed by atoms with Crippen LogP contribution < -0.4 is 20.1 Å². The standard InChI is InChI=1S/C22H23N3O4/c1-28-18-10-8-15(13-19(18)29-2)9-11-20(26)24-14-21(27)25-17-7-3-5-16-6-4-12-23-22(16)17/h3-8,10,12-13H,9,11,14H2,1-2H3,(H,24,26)(H,25,27). The van der Waals surface area contributed by atoms with Crippen molar-refractivity contribution in [1.29, 1.82) is 0 Å². The first-order valence-corrected chi connectivity index (χ1v) is 9.22. The van der Waals surface area contributed by atoms with E-state index in [2.05, 4.69) is 15.6 Å². The normalized spacial score (nSPS) is 10.4. The monoisotopic (exact) mass is 393 g/mol. The Balaban J connectivity index is 1.49. The summed E-state index contributed by atoms with van der Waals surface area (Å²) < 4.78 is 10.5. The first-order chi connectivity index (χ1) is 14.1. The maximum Gasteiger partial charge on any atom is 0.243 e. The van der Waals surface area contributed by atoms with E-state index >= 15 is 0 Å². The Kier molecular flexibility index (Phi) is 6.63. The molecule has 1 aromatic heterocycles. The van der Waals surface area contributed by atoms with Gasteiger partial charge in [-0.2, -0.15) is 0 Å². The summed E-state index contributed by atoms with van der Waals surface area (Å²) in [6, 6.07) is 14.8. The molecule has 3 rings (SSSR count). The number of fused-ring (bicyclic) bond motifs is 1. The summed E-state index contributed by atoms with van der Waals surface area (Å²) in [7, 11) is 3.14. The van der Waals surface area contributed by atoms with Crippen molar-refractivity contribution >= 4 is 28.4 Å². The second-order valence-corrected chi connectivity index (χ2v) is 6.39. The topological polar surface area (TPSA) is 89.5 Å². The Morgan fingerprint density at radius 1 is 0.966 bits per heavy atom. The van der Waals surface area contributed by atoms with Crippen LogP contribution in [-0.2, 0) is 16.0 Å². The van der Waals surface area contributed by atoms with Crippen LogP contribution in [0.25, 0.3) is 10.9 Å². The van der Waals surface area contributed by atoms with Gasteiger partial charge in [0.25, 0.3) is 0 Å². The minimum Gasteiger partial charge on any atom is -0.493 e. The third-order valence-electron chi connectivity index (χ3n) is 4.44. The Hall–Kier alpha value is -3.61. The second kappa shape index (κ2) is 9.54. The van der Waals surface area contributed by atoms with Gasteiger partial charge in [-0.05, 0) is 36.2 Å². The molecule has 3 aromatic rings. The minimum atomic E-state index is -0.303. The van der Waals surface area contributed by atoms with E-state index in [1.807, 2.05) is 36.4 Å². The lowest BCUT2D eigenvalue weighted by molar-refractivity contribution is -0.124. The SMILES string of the molecule is COc1ccc(CCC(=O)NCC(=O)Nc2cccc3cccnc23)cc1OC. The van der Waals surface area contributed by atoms with E-state index in [1.165, 1.54) is 0 Å². The second-order valence-electron chi connectivity index (χ2n) is 6.39. The molecule has 7 nitrogen and oxygen atoms in total. The molecule has 0 bridgehead atoms. The predicted molar refractivity (Wildman–Crippen MR) is 111 cm³/mol. The van der Waals surface area contributed by atoms with Crippen LogP contribution in [0.3, 0.4) is 0 Å². The first-order valence-electron chi connectivity index (χ1n) is 9.22. The van der Waals surface area contributed by atoms with Gasteiger partial charge >= 0.3 is 0 Å². The summed E-state index contributed by atoms with van der Waals surface area (Å²) in [6.07, 6.45) is 2.47. The number of aromatic nitrogens is 1. The van der Waals surface area contributed by atoms with Crippen LogP contribution in [0.5, 0.6) is 11.5 Å². The van der Waals surface area contributed by atoms with Gasteiger partial charge in [-0.25, -0.2) is 0 Å². The molecule has 0 atom stereocenters. The van der Waals surface area contributed by atoms with Gasteiger partial charge in [-0.1, -0.05) is 24.3 Å². The van der Waals surface area contributed by atoms with E-state index in [0.717, 1.165) is 10.9 Å². The molecule has 0 saturated heterocycles. The molecule has 0 aliphatic carbocycles. The summed E-state index contributed by atoms with van der Waals surface area (Å²) in [5, 5.41) is 6.37. The average molecular weight is 393 g/mol. The fraction of sp³-hybridized carbons (Fsp3) is 0.227. The number of aryl methyl sites for hydroxylation is 1. The highest BCUT2D eigenvalue weighted by Gasteiger charge is 2.10. The zero-order valence-corrected chi connectivity index (χ0v) is 16.4. The Morgan fingerprint density at radius 3 is 2.55 bits per heavy atom. The summed E-state index contributed by atoms with van der Waals surface area (Å²) >= 11 is 0. The number of nitrogens with zero attached hydrogens (tertiary/aromatic N) is 1. The molecule has 29 heavy (non-hydrogen) atoms. The summed E-state index contributed by atoms with van der Waals surface area (Å²) in [5.41, 5.74) is 2.28. The number of carbonyl (C=O) groups is 2. The van der Waals surface area contributed by atoms with Crippen LogP contribution in [-0.4, -0.2) is 37.6 Å². The molecule has 0 unspecified atom stereocenters. The summed E-state index contributed by atoms with van der Waals surface area (Å²) in [5.74, 6) is 0.752. The maximum atomic E-state index is 12.2. The maximum absolute atomic E-state index is 12.2. The van der Waals surface area contributed by atoms with Gasteiger partial charge in [0.05, 0.1) is 32.0 Å². The quantitative estimate of drug-likeness (QED) is 0.614. The van der Waals surface area contributed by atoms with Crippen molar-refractivity contribution < 1.29 is 19.1 Å². The highest BCUT2D eigenvalue weighted by molar-refractivity contribution is 6.01. The lowest BCUT2D eigenvalue weighted by Crippen LogP contribution is -2.33. The lowest BCUT2D eigenvalue weighted by Gasteiger charge is -2.10. The van der Waals surface area contributed by atoms with Gasteiger partial charge in [0, 0.05) is 18.0 Å². The third-order valence-corrected chi connectivity index (χ3v) is 4.44. The van der Waals surface area contributed by atoms with Gasteiger partial charge in [-0.15, -0.1) is 0 Å². The molecule has 150 valence electrons. The fourth-order valence-electron chi connectivity index (χ4n) is 2.96.